The second-order valence-corrected chi connectivity index (χ2v) is 8.56. The van der Waals surface area contributed by atoms with Crippen LogP contribution in [0.4, 0.5) is 5.69 Å². The molecule has 1 atom stereocenters. The molecule has 0 radical (unpaired) electrons. The predicted molar refractivity (Wildman–Crippen MR) is 119 cm³/mol. The number of rotatable bonds is 4. The number of amides is 1. The maximum Gasteiger partial charge on any atom is 0.254 e. The van der Waals surface area contributed by atoms with Crippen LogP contribution in [0.2, 0.25) is 0 Å². The highest BCUT2D eigenvalue weighted by atomic mass is 16.5. The third-order valence-electron chi connectivity index (χ3n) is 5.54. The van der Waals surface area contributed by atoms with Gasteiger partial charge >= 0.3 is 0 Å². The average molecular weight is 412 g/mol. The summed E-state index contributed by atoms with van der Waals surface area (Å²) < 4.78 is 17.7. The zero-order valence-electron chi connectivity index (χ0n) is 18.5. The lowest BCUT2D eigenvalue weighted by Gasteiger charge is -2.33. The van der Waals surface area contributed by atoms with Crippen LogP contribution in [0.25, 0.3) is 0 Å². The van der Waals surface area contributed by atoms with E-state index < -0.39 is 6.10 Å². The zero-order valence-corrected chi connectivity index (χ0v) is 18.5. The number of para-hydroxylation sites is 2. The number of aryl methyl sites for hydroxylation is 1. The van der Waals surface area contributed by atoms with Gasteiger partial charge in [0, 0.05) is 12.0 Å². The Morgan fingerprint density at radius 1 is 1.17 bits per heavy atom. The molecule has 0 saturated heterocycles. The lowest BCUT2D eigenvalue weighted by molar-refractivity contribution is -0.136. The lowest BCUT2D eigenvalue weighted by Crippen LogP contribution is -2.42. The number of nitrogens with one attached hydrogen (secondary N) is 1. The molecule has 1 aliphatic rings. The van der Waals surface area contributed by atoms with Crippen molar-refractivity contribution in [1.29, 1.82) is 0 Å². The minimum absolute atomic E-state index is 0.123. The van der Waals surface area contributed by atoms with Crippen molar-refractivity contribution in [3.05, 3.63) is 53.6 Å². The molecule has 30 heavy (non-hydrogen) atoms. The third kappa shape index (κ3) is 5.54. The van der Waals surface area contributed by atoms with Gasteiger partial charge in [-0.25, -0.2) is 0 Å². The molecule has 1 amide bonds. The molecule has 2 aromatic rings. The van der Waals surface area contributed by atoms with Crippen LogP contribution in [0.5, 0.6) is 11.5 Å². The van der Waals surface area contributed by atoms with E-state index in [4.69, 9.17) is 14.2 Å². The summed E-state index contributed by atoms with van der Waals surface area (Å²) in [5.74, 6) is 1.34. The van der Waals surface area contributed by atoms with Gasteiger partial charge in [-0.05, 0) is 54.7 Å². The molecular formula is C25H33NO4. The predicted octanol–water partition coefficient (Wildman–Crippen LogP) is 5.37. The fourth-order valence-corrected chi connectivity index (χ4v) is 4.04. The summed E-state index contributed by atoms with van der Waals surface area (Å²) in [6, 6.07) is 13.7. The van der Waals surface area contributed by atoms with Crippen molar-refractivity contribution >= 4 is 11.6 Å². The SMILES string of the molecule is CCCC(C)(C)C1OCCCc2cc(cc(OC)c2)COc2ccccc2NC1=O. The van der Waals surface area contributed by atoms with E-state index in [1.807, 2.05) is 30.3 Å². The Kier molecular flexibility index (Phi) is 7.38. The maximum atomic E-state index is 13.2. The van der Waals surface area contributed by atoms with Crippen LogP contribution in [0.3, 0.4) is 0 Å². The molecular weight excluding hydrogens is 378 g/mol. The molecule has 0 fully saturated rings. The first-order valence-electron chi connectivity index (χ1n) is 10.7. The molecule has 1 heterocycles. The Bertz CT molecular complexity index is 862. The smallest absolute Gasteiger partial charge is 0.254 e. The van der Waals surface area contributed by atoms with Crippen LogP contribution in [0, 0.1) is 5.41 Å². The first-order chi connectivity index (χ1) is 14.4. The largest absolute Gasteiger partial charge is 0.497 e. The van der Waals surface area contributed by atoms with E-state index in [0.717, 1.165) is 37.0 Å². The fraction of sp³-hybridized carbons (Fsp3) is 0.480. The highest BCUT2D eigenvalue weighted by molar-refractivity contribution is 5.96. The number of methoxy groups -OCH3 is 1. The second-order valence-electron chi connectivity index (χ2n) is 8.56. The number of anilines is 1. The number of benzene rings is 2. The maximum absolute atomic E-state index is 13.2. The Balaban J connectivity index is 1.93. The molecule has 2 aromatic carbocycles. The topological polar surface area (TPSA) is 56.8 Å². The van der Waals surface area contributed by atoms with E-state index in [9.17, 15) is 4.79 Å². The number of ether oxygens (including phenoxy) is 3. The van der Waals surface area contributed by atoms with Gasteiger partial charge in [-0.3, -0.25) is 4.79 Å². The Morgan fingerprint density at radius 2 is 1.93 bits per heavy atom. The number of fused-ring (bicyclic) bond motifs is 3. The highest BCUT2D eigenvalue weighted by Gasteiger charge is 2.35. The van der Waals surface area contributed by atoms with Gasteiger partial charge in [-0.1, -0.05) is 45.4 Å². The average Bonchev–Trinajstić information content (AvgIpc) is 2.72. The third-order valence-corrected chi connectivity index (χ3v) is 5.54. The molecule has 2 bridgehead atoms. The summed E-state index contributed by atoms with van der Waals surface area (Å²) >= 11 is 0. The monoisotopic (exact) mass is 411 g/mol. The fourth-order valence-electron chi connectivity index (χ4n) is 4.04. The van der Waals surface area contributed by atoms with E-state index >= 15 is 0 Å². The molecule has 162 valence electrons. The van der Waals surface area contributed by atoms with Crippen molar-refractivity contribution in [2.75, 3.05) is 19.0 Å². The van der Waals surface area contributed by atoms with Gasteiger partial charge in [-0.15, -0.1) is 0 Å². The standard InChI is InChI=1S/C25H33NO4/c1-5-12-25(2,3)23-24(27)26-21-10-6-7-11-22(21)30-17-19-14-18(9-8-13-29-23)15-20(16-19)28-4/h6-7,10-11,14-16,23H,5,8-9,12-13,17H2,1-4H3,(H,26,27). The van der Waals surface area contributed by atoms with E-state index in [0.29, 0.717) is 24.7 Å². The molecule has 3 rings (SSSR count). The van der Waals surface area contributed by atoms with Crippen LogP contribution in [0.1, 0.15) is 51.2 Å². The van der Waals surface area contributed by atoms with Gasteiger partial charge in [-0.2, -0.15) is 0 Å². The van der Waals surface area contributed by atoms with Crippen molar-refractivity contribution in [3.8, 4) is 11.5 Å². The normalized spacial score (nSPS) is 17.9. The molecule has 0 spiro atoms. The van der Waals surface area contributed by atoms with E-state index in [2.05, 4.69) is 38.2 Å². The van der Waals surface area contributed by atoms with Crippen molar-refractivity contribution in [2.45, 2.75) is 59.2 Å². The second kappa shape index (κ2) is 9.98. The highest BCUT2D eigenvalue weighted by Crippen LogP contribution is 2.32. The number of hydrogen-bond donors (Lipinski definition) is 1. The van der Waals surface area contributed by atoms with Crippen molar-refractivity contribution < 1.29 is 19.0 Å². The minimum atomic E-state index is -0.533. The van der Waals surface area contributed by atoms with Gasteiger partial charge in [0.05, 0.1) is 12.8 Å². The lowest BCUT2D eigenvalue weighted by atomic mass is 9.81. The number of hydrogen-bond acceptors (Lipinski definition) is 4. The molecule has 1 aliphatic heterocycles. The molecule has 5 heteroatoms. The summed E-state index contributed by atoms with van der Waals surface area (Å²) in [4.78, 5) is 13.2. The van der Waals surface area contributed by atoms with Crippen molar-refractivity contribution in [3.63, 3.8) is 0 Å². The van der Waals surface area contributed by atoms with Crippen LogP contribution in [0.15, 0.2) is 42.5 Å². The summed E-state index contributed by atoms with van der Waals surface area (Å²) in [5.41, 5.74) is 2.60. The quantitative estimate of drug-likeness (QED) is 0.735. The zero-order chi connectivity index (χ0) is 21.6. The Hall–Kier alpha value is -2.53. The van der Waals surface area contributed by atoms with E-state index in [1.54, 1.807) is 7.11 Å². The molecule has 0 aromatic heterocycles. The van der Waals surface area contributed by atoms with Crippen molar-refractivity contribution in [2.24, 2.45) is 5.41 Å². The Morgan fingerprint density at radius 3 is 2.70 bits per heavy atom. The van der Waals surface area contributed by atoms with Gasteiger partial charge in [0.1, 0.15) is 24.2 Å². The van der Waals surface area contributed by atoms with Crippen LogP contribution >= 0.6 is 0 Å². The number of carbonyl (C=O) groups excluding carboxylic acids is 1. The van der Waals surface area contributed by atoms with Crippen LogP contribution < -0.4 is 14.8 Å². The van der Waals surface area contributed by atoms with Gasteiger partial charge in [0.15, 0.2) is 0 Å². The summed E-state index contributed by atoms with van der Waals surface area (Å²) in [6.07, 6.45) is 3.04. The van der Waals surface area contributed by atoms with Gasteiger partial charge < -0.3 is 19.5 Å². The van der Waals surface area contributed by atoms with E-state index in [-0.39, 0.29) is 11.3 Å². The van der Waals surface area contributed by atoms with Crippen LogP contribution in [-0.2, 0) is 22.6 Å². The molecule has 0 saturated carbocycles. The molecule has 5 nitrogen and oxygen atoms in total. The van der Waals surface area contributed by atoms with Gasteiger partial charge in [0.2, 0.25) is 0 Å². The van der Waals surface area contributed by atoms with Gasteiger partial charge in [0.25, 0.3) is 5.91 Å². The van der Waals surface area contributed by atoms with Crippen LogP contribution in [-0.4, -0.2) is 25.7 Å². The Labute approximate surface area is 179 Å². The summed E-state index contributed by atoms with van der Waals surface area (Å²) in [7, 11) is 1.68. The molecule has 0 aliphatic carbocycles. The first kappa shape index (κ1) is 22.2. The number of carbonyl (C=O) groups is 1. The minimum Gasteiger partial charge on any atom is -0.497 e. The molecule has 1 unspecified atom stereocenters. The first-order valence-corrected chi connectivity index (χ1v) is 10.7. The molecule has 1 N–H and O–H groups in total. The van der Waals surface area contributed by atoms with Crippen molar-refractivity contribution in [1.82, 2.24) is 0 Å². The summed E-state index contributed by atoms with van der Waals surface area (Å²) in [5, 5.41) is 3.04. The van der Waals surface area contributed by atoms with E-state index in [1.165, 1.54) is 5.56 Å². The summed E-state index contributed by atoms with van der Waals surface area (Å²) in [6.45, 7) is 7.25.